The molecule has 0 aromatic rings. The lowest BCUT2D eigenvalue weighted by Crippen LogP contribution is -2.56. The van der Waals surface area contributed by atoms with Crippen LogP contribution in [0.25, 0.3) is 0 Å². The van der Waals surface area contributed by atoms with E-state index in [1.165, 1.54) is 27.7 Å². The van der Waals surface area contributed by atoms with Gasteiger partial charge in [-0.3, -0.25) is 23.2 Å². The summed E-state index contributed by atoms with van der Waals surface area (Å²) in [6, 6.07) is 0. The first-order chi connectivity index (χ1) is 7.11. The molecule has 92 valence electrons. The smallest absolute Gasteiger partial charge is 0.297 e. The largest absolute Gasteiger partial charge is 0.476 e. The first-order valence-corrected chi connectivity index (χ1v) is 6.17. The maximum Gasteiger partial charge on any atom is 0.476 e. The van der Waals surface area contributed by atoms with Crippen molar-refractivity contribution in [3.63, 3.8) is 0 Å². The van der Waals surface area contributed by atoms with Crippen LogP contribution in [0.4, 0.5) is 0 Å². The Labute approximate surface area is 93.9 Å². The second-order valence-electron chi connectivity index (χ2n) is 3.99. The van der Waals surface area contributed by atoms with E-state index in [9.17, 15) is 14.2 Å². The van der Waals surface area contributed by atoms with Crippen molar-refractivity contribution in [1.82, 2.24) is 0 Å². The van der Waals surface area contributed by atoms with Crippen LogP contribution in [0.5, 0.6) is 0 Å². The average molecular weight is 250 g/mol. The van der Waals surface area contributed by atoms with Gasteiger partial charge < -0.3 is 0 Å². The summed E-state index contributed by atoms with van der Waals surface area (Å²) < 4.78 is 26.6. The van der Waals surface area contributed by atoms with Crippen LogP contribution in [0.1, 0.15) is 27.7 Å². The van der Waals surface area contributed by atoms with Gasteiger partial charge in [-0.25, -0.2) is 4.57 Å². The summed E-state index contributed by atoms with van der Waals surface area (Å²) in [5.74, 6) is -0.889. The van der Waals surface area contributed by atoms with Gasteiger partial charge in [0, 0.05) is 7.11 Å². The van der Waals surface area contributed by atoms with Crippen LogP contribution < -0.4 is 0 Å². The van der Waals surface area contributed by atoms with Gasteiger partial charge in [0.25, 0.3) is 0 Å². The van der Waals surface area contributed by atoms with Crippen LogP contribution in [0, 0.1) is 0 Å². The minimum absolute atomic E-state index is 0.444. The second kappa shape index (κ2) is 3.74. The highest BCUT2D eigenvalue weighted by molar-refractivity contribution is 7.49. The van der Waals surface area contributed by atoms with Crippen molar-refractivity contribution in [3.8, 4) is 0 Å². The van der Waals surface area contributed by atoms with E-state index < -0.39 is 30.6 Å². The Bertz CT molecular complexity index is 359. The number of phosphoric ester groups is 1. The predicted molar refractivity (Wildman–Crippen MR) is 55.0 cm³/mol. The molecule has 0 amide bonds. The molecule has 7 heteroatoms. The third-order valence-electron chi connectivity index (χ3n) is 3.07. The van der Waals surface area contributed by atoms with Gasteiger partial charge in [-0.1, -0.05) is 0 Å². The Morgan fingerprint density at radius 2 is 1.38 bits per heavy atom. The number of carbonyl (C=O) groups excluding carboxylic acids is 2. The zero-order valence-electron chi connectivity index (χ0n) is 9.90. The van der Waals surface area contributed by atoms with E-state index in [4.69, 9.17) is 9.05 Å². The fourth-order valence-electron chi connectivity index (χ4n) is 1.51. The molecular formula is C9H15O6P. The van der Waals surface area contributed by atoms with Crippen LogP contribution in [0.15, 0.2) is 0 Å². The van der Waals surface area contributed by atoms with Crippen molar-refractivity contribution < 1.29 is 27.7 Å². The van der Waals surface area contributed by atoms with Gasteiger partial charge in [0.1, 0.15) is 0 Å². The SMILES string of the molecule is COP1(=O)O[C@@](C)(C(C)=O)[C@](C)(C(C)=O)O1. The normalized spacial score (nSPS) is 37.3. The maximum atomic E-state index is 11.9. The molecule has 2 atom stereocenters. The third-order valence-corrected chi connectivity index (χ3v) is 4.69. The molecule has 0 spiro atoms. The number of Topliss-reactive ketones (excluding diaryl/α,β-unsaturated/α-hetero) is 2. The Morgan fingerprint density at radius 1 is 1.06 bits per heavy atom. The summed E-state index contributed by atoms with van der Waals surface area (Å²) >= 11 is 0. The van der Waals surface area contributed by atoms with Crippen LogP contribution in [0.3, 0.4) is 0 Å². The minimum Gasteiger partial charge on any atom is -0.297 e. The van der Waals surface area contributed by atoms with Gasteiger partial charge in [-0.05, 0) is 27.7 Å². The molecule has 0 N–H and O–H groups in total. The Balaban J connectivity index is 3.32. The molecule has 6 nitrogen and oxygen atoms in total. The van der Waals surface area contributed by atoms with Crippen molar-refractivity contribution >= 4 is 19.4 Å². The zero-order chi connectivity index (χ0) is 12.8. The summed E-state index contributed by atoms with van der Waals surface area (Å²) in [7, 11) is -2.71. The standard InChI is InChI=1S/C9H15O6P/c1-6(10)8(3)9(4,7(2)11)15-16(12,13-5)14-8/h1-5H3/t8-,9-/m0/s1. The first kappa shape index (κ1) is 13.5. The second-order valence-corrected chi connectivity index (χ2v) is 5.62. The van der Waals surface area contributed by atoms with Gasteiger partial charge >= 0.3 is 7.82 Å². The van der Waals surface area contributed by atoms with Crippen molar-refractivity contribution in [2.24, 2.45) is 0 Å². The first-order valence-electron chi connectivity index (χ1n) is 4.71. The van der Waals surface area contributed by atoms with E-state index >= 15 is 0 Å². The lowest BCUT2D eigenvalue weighted by molar-refractivity contribution is -0.150. The molecule has 0 radical (unpaired) electrons. The van der Waals surface area contributed by atoms with Gasteiger partial charge in [0.05, 0.1) is 0 Å². The molecule has 0 bridgehead atoms. The average Bonchev–Trinajstić information content (AvgIpc) is 2.38. The number of ketones is 2. The molecule has 0 aromatic heterocycles. The molecule has 1 aliphatic rings. The van der Waals surface area contributed by atoms with E-state index in [2.05, 4.69) is 4.52 Å². The Morgan fingerprint density at radius 3 is 1.56 bits per heavy atom. The van der Waals surface area contributed by atoms with Crippen LogP contribution in [-0.2, 0) is 27.7 Å². The van der Waals surface area contributed by atoms with Crippen molar-refractivity contribution in [3.05, 3.63) is 0 Å². The predicted octanol–water partition coefficient (Wildman–Crippen LogP) is 1.48. The lowest BCUT2D eigenvalue weighted by Gasteiger charge is -2.31. The van der Waals surface area contributed by atoms with Crippen molar-refractivity contribution in [2.45, 2.75) is 38.9 Å². The van der Waals surface area contributed by atoms with Crippen LogP contribution in [0.2, 0.25) is 0 Å². The highest BCUT2D eigenvalue weighted by Crippen LogP contribution is 2.64. The molecule has 1 heterocycles. The number of hydrogen-bond acceptors (Lipinski definition) is 6. The number of carbonyl (C=O) groups is 2. The van der Waals surface area contributed by atoms with Crippen LogP contribution >= 0.6 is 7.82 Å². The number of rotatable bonds is 3. The van der Waals surface area contributed by atoms with E-state index in [0.717, 1.165) is 7.11 Å². The fraction of sp³-hybridized carbons (Fsp3) is 0.778. The van der Waals surface area contributed by atoms with Gasteiger partial charge in [0.2, 0.25) is 0 Å². The molecule has 1 fully saturated rings. The van der Waals surface area contributed by atoms with Gasteiger partial charge in [-0.15, -0.1) is 0 Å². The molecule has 1 aliphatic heterocycles. The minimum atomic E-state index is -3.84. The fourth-order valence-corrected chi connectivity index (χ4v) is 3.20. The van der Waals surface area contributed by atoms with E-state index in [0.29, 0.717) is 0 Å². The highest BCUT2D eigenvalue weighted by atomic mass is 31.2. The zero-order valence-corrected chi connectivity index (χ0v) is 10.8. The molecular weight excluding hydrogens is 235 g/mol. The van der Waals surface area contributed by atoms with E-state index in [1.54, 1.807) is 0 Å². The van der Waals surface area contributed by atoms with E-state index in [-0.39, 0.29) is 0 Å². The van der Waals surface area contributed by atoms with Crippen molar-refractivity contribution in [2.75, 3.05) is 7.11 Å². The highest BCUT2D eigenvalue weighted by Gasteiger charge is 2.66. The van der Waals surface area contributed by atoms with Gasteiger partial charge in [-0.2, -0.15) is 0 Å². The lowest BCUT2D eigenvalue weighted by atomic mass is 9.80. The molecule has 0 aliphatic carbocycles. The molecule has 0 saturated carbocycles. The third kappa shape index (κ3) is 1.66. The molecule has 1 rings (SSSR count). The summed E-state index contributed by atoms with van der Waals surface area (Å²) in [5, 5.41) is 0. The summed E-state index contributed by atoms with van der Waals surface area (Å²) in [6.07, 6.45) is 0. The molecule has 0 unspecified atom stereocenters. The van der Waals surface area contributed by atoms with Crippen molar-refractivity contribution in [1.29, 1.82) is 0 Å². The molecule has 16 heavy (non-hydrogen) atoms. The monoisotopic (exact) mass is 250 g/mol. The summed E-state index contributed by atoms with van der Waals surface area (Å²) in [4.78, 5) is 23.1. The Hall–Kier alpha value is -0.550. The summed E-state index contributed by atoms with van der Waals surface area (Å²) in [6.45, 7) is 5.23. The number of hydrogen-bond donors (Lipinski definition) is 0. The summed E-state index contributed by atoms with van der Waals surface area (Å²) in [5.41, 5.74) is -3.19. The maximum absolute atomic E-state index is 11.9. The van der Waals surface area contributed by atoms with Gasteiger partial charge in [0.15, 0.2) is 22.8 Å². The number of phosphoric acid groups is 1. The van der Waals surface area contributed by atoms with E-state index in [1.807, 2.05) is 0 Å². The topological polar surface area (TPSA) is 78.9 Å². The molecule has 0 aromatic carbocycles. The van der Waals surface area contributed by atoms with Crippen LogP contribution in [-0.4, -0.2) is 29.9 Å². The molecule has 1 saturated heterocycles. The Kier molecular flexibility index (Phi) is 3.16. The quantitative estimate of drug-likeness (QED) is 0.706.